The van der Waals surface area contributed by atoms with Crippen molar-refractivity contribution in [3.63, 3.8) is 0 Å². The Morgan fingerprint density at radius 2 is 2.50 bits per heavy atom. The van der Waals surface area contributed by atoms with Gasteiger partial charge in [-0.25, -0.2) is 4.98 Å². The van der Waals surface area contributed by atoms with Crippen LogP contribution < -0.4 is 10.6 Å². The van der Waals surface area contributed by atoms with E-state index in [1.54, 1.807) is 12.3 Å². The minimum absolute atomic E-state index is 0.0562. The molecular weight excluding hydrogens is 293 g/mol. The second-order valence-electron chi connectivity index (χ2n) is 3.63. The minimum Gasteiger partial charge on any atom is -0.322 e. The Morgan fingerprint density at radius 1 is 1.69 bits per heavy atom. The van der Waals surface area contributed by atoms with Gasteiger partial charge in [0, 0.05) is 10.7 Å². The molecule has 1 atom stereocenters. The molecular formula is C10H11BrClN3O. The number of pyridine rings is 1. The van der Waals surface area contributed by atoms with Crippen LogP contribution in [0.2, 0.25) is 5.15 Å². The summed E-state index contributed by atoms with van der Waals surface area (Å²) < 4.78 is 0.784. The van der Waals surface area contributed by atoms with Gasteiger partial charge in [-0.2, -0.15) is 0 Å². The maximum Gasteiger partial charge on any atom is 0.241 e. The van der Waals surface area contributed by atoms with Crippen LogP contribution in [0, 0.1) is 0 Å². The largest absolute Gasteiger partial charge is 0.322 e. The molecule has 2 N–H and O–H groups in total. The van der Waals surface area contributed by atoms with E-state index in [2.05, 4.69) is 31.5 Å². The molecule has 0 saturated carbocycles. The average Bonchev–Trinajstić information content (AvgIpc) is 2.76. The lowest BCUT2D eigenvalue weighted by Crippen LogP contribution is -2.35. The molecule has 1 aromatic rings. The Morgan fingerprint density at radius 3 is 3.19 bits per heavy atom. The zero-order valence-corrected chi connectivity index (χ0v) is 10.8. The molecule has 0 radical (unpaired) electrons. The van der Waals surface area contributed by atoms with Crippen LogP contribution >= 0.6 is 27.5 Å². The van der Waals surface area contributed by atoms with Gasteiger partial charge in [0.25, 0.3) is 0 Å². The van der Waals surface area contributed by atoms with E-state index in [1.165, 1.54) is 0 Å². The maximum absolute atomic E-state index is 11.8. The van der Waals surface area contributed by atoms with Crippen LogP contribution in [-0.4, -0.2) is 23.5 Å². The molecule has 1 fully saturated rings. The standard InChI is InChI=1S/C10H11BrClN3O/c11-6-4-8(9(12)14-5-6)15-10(16)7-2-1-3-13-7/h4-5,7,13H,1-3H2,(H,15,16). The topological polar surface area (TPSA) is 54.0 Å². The van der Waals surface area contributed by atoms with Crippen molar-refractivity contribution in [3.8, 4) is 0 Å². The van der Waals surface area contributed by atoms with Crippen molar-refractivity contribution >= 4 is 39.1 Å². The summed E-state index contributed by atoms with van der Waals surface area (Å²) in [5, 5.41) is 6.19. The number of nitrogens with one attached hydrogen (secondary N) is 2. The maximum atomic E-state index is 11.8. The van der Waals surface area contributed by atoms with Crippen LogP contribution in [0.25, 0.3) is 0 Å². The zero-order chi connectivity index (χ0) is 11.5. The van der Waals surface area contributed by atoms with Gasteiger partial charge in [-0.05, 0) is 41.4 Å². The third-order valence-electron chi connectivity index (χ3n) is 2.44. The Labute approximate surface area is 107 Å². The molecule has 1 saturated heterocycles. The predicted molar refractivity (Wildman–Crippen MR) is 66.6 cm³/mol. The number of amides is 1. The molecule has 6 heteroatoms. The van der Waals surface area contributed by atoms with E-state index in [0.717, 1.165) is 23.9 Å². The van der Waals surface area contributed by atoms with Crippen LogP contribution in [-0.2, 0) is 4.79 Å². The van der Waals surface area contributed by atoms with Crippen molar-refractivity contribution in [2.75, 3.05) is 11.9 Å². The van der Waals surface area contributed by atoms with Crippen LogP contribution in [0.15, 0.2) is 16.7 Å². The van der Waals surface area contributed by atoms with Crippen LogP contribution in [0.4, 0.5) is 5.69 Å². The first-order valence-electron chi connectivity index (χ1n) is 5.02. The summed E-state index contributed by atoms with van der Waals surface area (Å²) >= 11 is 9.16. The van der Waals surface area contributed by atoms with Gasteiger partial charge < -0.3 is 10.6 Å². The number of rotatable bonds is 2. The number of carbonyl (C=O) groups excluding carboxylic acids is 1. The Hall–Kier alpha value is -0.650. The third-order valence-corrected chi connectivity index (χ3v) is 3.18. The molecule has 1 amide bonds. The highest BCUT2D eigenvalue weighted by Crippen LogP contribution is 2.23. The SMILES string of the molecule is O=C(Nc1cc(Br)cnc1Cl)C1CCCN1. The quantitative estimate of drug-likeness (QED) is 0.824. The molecule has 0 bridgehead atoms. The van der Waals surface area contributed by atoms with Crippen molar-refractivity contribution in [1.82, 2.24) is 10.3 Å². The van der Waals surface area contributed by atoms with Gasteiger partial charge in [-0.15, -0.1) is 0 Å². The second-order valence-corrected chi connectivity index (χ2v) is 4.90. The summed E-state index contributed by atoms with van der Waals surface area (Å²) in [5.74, 6) is -0.0562. The van der Waals surface area contributed by atoms with Gasteiger partial charge in [0.15, 0.2) is 5.15 Å². The van der Waals surface area contributed by atoms with Gasteiger partial charge in [-0.3, -0.25) is 4.79 Å². The zero-order valence-electron chi connectivity index (χ0n) is 8.46. The fourth-order valence-corrected chi connectivity index (χ4v) is 2.12. The first-order valence-corrected chi connectivity index (χ1v) is 6.19. The molecule has 0 spiro atoms. The van der Waals surface area contributed by atoms with Crippen molar-refractivity contribution < 1.29 is 4.79 Å². The molecule has 4 nitrogen and oxygen atoms in total. The Balaban J connectivity index is 2.07. The first kappa shape index (κ1) is 11.8. The molecule has 0 aromatic carbocycles. The third kappa shape index (κ3) is 2.72. The summed E-state index contributed by atoms with van der Waals surface area (Å²) in [6.07, 6.45) is 3.49. The molecule has 16 heavy (non-hydrogen) atoms. The Bertz CT molecular complexity index is 407. The predicted octanol–water partition coefficient (Wildman–Crippen LogP) is 2.19. The van der Waals surface area contributed by atoms with E-state index in [1.807, 2.05) is 0 Å². The number of hydrogen-bond acceptors (Lipinski definition) is 3. The van der Waals surface area contributed by atoms with Crippen molar-refractivity contribution in [3.05, 3.63) is 21.9 Å². The monoisotopic (exact) mass is 303 g/mol. The number of anilines is 1. The van der Waals surface area contributed by atoms with E-state index in [-0.39, 0.29) is 11.9 Å². The van der Waals surface area contributed by atoms with E-state index < -0.39 is 0 Å². The molecule has 2 heterocycles. The highest BCUT2D eigenvalue weighted by molar-refractivity contribution is 9.10. The summed E-state index contributed by atoms with van der Waals surface area (Å²) in [6, 6.07) is 1.62. The normalized spacial score (nSPS) is 19.8. The van der Waals surface area contributed by atoms with E-state index in [4.69, 9.17) is 11.6 Å². The van der Waals surface area contributed by atoms with Crippen molar-refractivity contribution in [2.45, 2.75) is 18.9 Å². The van der Waals surface area contributed by atoms with Gasteiger partial charge >= 0.3 is 0 Å². The van der Waals surface area contributed by atoms with Crippen molar-refractivity contribution in [2.24, 2.45) is 0 Å². The summed E-state index contributed by atoms with van der Waals surface area (Å²) in [6.45, 7) is 0.891. The second kappa shape index (κ2) is 5.12. The van der Waals surface area contributed by atoms with E-state index in [0.29, 0.717) is 10.8 Å². The van der Waals surface area contributed by atoms with Crippen LogP contribution in [0.3, 0.4) is 0 Å². The molecule has 86 valence electrons. The Kier molecular flexibility index (Phi) is 3.78. The number of nitrogens with zero attached hydrogens (tertiary/aromatic N) is 1. The first-order chi connectivity index (χ1) is 7.66. The number of hydrogen-bond donors (Lipinski definition) is 2. The summed E-state index contributed by atoms with van der Waals surface area (Å²) in [7, 11) is 0. The summed E-state index contributed by atoms with van der Waals surface area (Å²) in [5.41, 5.74) is 0.537. The number of halogens is 2. The number of carbonyl (C=O) groups is 1. The minimum atomic E-state index is -0.116. The van der Waals surface area contributed by atoms with Crippen molar-refractivity contribution in [1.29, 1.82) is 0 Å². The fourth-order valence-electron chi connectivity index (χ4n) is 1.64. The molecule has 1 aliphatic heterocycles. The smallest absolute Gasteiger partial charge is 0.241 e. The van der Waals surface area contributed by atoms with Gasteiger partial charge in [0.1, 0.15) is 0 Å². The highest BCUT2D eigenvalue weighted by Gasteiger charge is 2.22. The molecule has 2 rings (SSSR count). The summed E-state index contributed by atoms with van der Waals surface area (Å²) in [4.78, 5) is 15.7. The van der Waals surface area contributed by atoms with Gasteiger partial charge in [-0.1, -0.05) is 11.6 Å². The molecule has 1 unspecified atom stereocenters. The fraction of sp³-hybridized carbons (Fsp3) is 0.400. The van der Waals surface area contributed by atoms with Crippen LogP contribution in [0.5, 0.6) is 0 Å². The molecule has 1 aliphatic rings. The lowest BCUT2D eigenvalue weighted by atomic mass is 10.2. The van der Waals surface area contributed by atoms with Crippen LogP contribution in [0.1, 0.15) is 12.8 Å². The average molecular weight is 305 g/mol. The lowest BCUT2D eigenvalue weighted by molar-refractivity contribution is -0.117. The molecule has 0 aliphatic carbocycles. The lowest BCUT2D eigenvalue weighted by Gasteiger charge is -2.11. The van der Waals surface area contributed by atoms with E-state index >= 15 is 0 Å². The number of aromatic nitrogens is 1. The van der Waals surface area contributed by atoms with Gasteiger partial charge in [0.2, 0.25) is 5.91 Å². The molecule has 1 aromatic heterocycles. The van der Waals surface area contributed by atoms with E-state index in [9.17, 15) is 4.79 Å². The van der Waals surface area contributed by atoms with Gasteiger partial charge in [0.05, 0.1) is 11.7 Å². The highest BCUT2D eigenvalue weighted by atomic mass is 79.9.